The molecule has 0 saturated carbocycles. The molecule has 1 aliphatic rings. The molecule has 1 amide bonds. The fraction of sp³-hybridized carbons (Fsp3) is 0.667. The number of carbonyl (C=O) groups is 1. The average molecular weight is 238 g/mol. The van der Waals surface area contributed by atoms with Crippen molar-refractivity contribution >= 4 is 29.3 Å². The topological polar surface area (TPSA) is 29.5 Å². The third-order valence-electron chi connectivity index (χ3n) is 1.56. The van der Waals surface area contributed by atoms with E-state index in [2.05, 4.69) is 0 Å². The summed E-state index contributed by atoms with van der Waals surface area (Å²) in [6, 6.07) is 0. The number of hydrogen-bond acceptors (Lipinski definition) is 2. The van der Waals surface area contributed by atoms with Crippen LogP contribution in [-0.2, 0) is 4.74 Å². The summed E-state index contributed by atoms with van der Waals surface area (Å²) in [6.07, 6.45) is 2.81. The Labute approximate surface area is 93.6 Å². The first-order valence-electron chi connectivity index (χ1n) is 4.29. The molecule has 0 aromatic rings. The van der Waals surface area contributed by atoms with Crippen LogP contribution in [-0.4, -0.2) is 27.6 Å². The van der Waals surface area contributed by atoms with Crippen molar-refractivity contribution in [3.05, 3.63) is 12.2 Å². The van der Waals surface area contributed by atoms with Gasteiger partial charge in [0.25, 0.3) is 0 Å². The van der Waals surface area contributed by atoms with Gasteiger partial charge in [0.05, 0.1) is 0 Å². The van der Waals surface area contributed by atoms with E-state index in [1.807, 2.05) is 0 Å². The number of carbonyl (C=O) groups excluding carboxylic acids is 1. The number of rotatable bonds is 0. The number of alkyl halides is 2. The molecule has 3 nitrogen and oxygen atoms in total. The van der Waals surface area contributed by atoms with E-state index in [0.717, 1.165) is 0 Å². The maximum Gasteiger partial charge on any atom is 0.413 e. The standard InChI is InChI=1S/C9H13Cl2NO2/c1-9(2,3)14-8(13)12-6(10)4-5-7(12)11/h4-7H,1-3H3. The van der Waals surface area contributed by atoms with Crippen LogP contribution in [0.2, 0.25) is 0 Å². The van der Waals surface area contributed by atoms with Crippen LogP contribution in [0.5, 0.6) is 0 Å². The van der Waals surface area contributed by atoms with Crippen molar-refractivity contribution in [2.24, 2.45) is 0 Å². The fourth-order valence-electron chi connectivity index (χ4n) is 1.02. The fourth-order valence-corrected chi connectivity index (χ4v) is 1.65. The van der Waals surface area contributed by atoms with E-state index in [9.17, 15) is 4.79 Å². The monoisotopic (exact) mass is 237 g/mol. The molecule has 2 atom stereocenters. The second-order valence-corrected chi connectivity index (χ2v) is 4.91. The smallest absolute Gasteiger partial charge is 0.413 e. The molecular formula is C9H13Cl2NO2. The molecule has 0 N–H and O–H groups in total. The number of nitrogens with zero attached hydrogens (tertiary/aromatic N) is 1. The third kappa shape index (κ3) is 2.79. The SMILES string of the molecule is CC(C)(C)OC(=O)N1C(Cl)C=CC1Cl. The number of ether oxygens (including phenoxy) is 1. The molecule has 2 unspecified atom stereocenters. The molecule has 14 heavy (non-hydrogen) atoms. The van der Waals surface area contributed by atoms with Crippen molar-refractivity contribution in [3.63, 3.8) is 0 Å². The Hall–Kier alpha value is -0.410. The van der Waals surface area contributed by atoms with Crippen LogP contribution in [0, 0.1) is 0 Å². The quantitative estimate of drug-likeness (QED) is 0.369. The second-order valence-electron chi connectivity index (χ2n) is 4.02. The molecule has 80 valence electrons. The van der Waals surface area contributed by atoms with Crippen molar-refractivity contribution in [1.82, 2.24) is 4.90 Å². The summed E-state index contributed by atoms with van der Waals surface area (Å²) in [5, 5.41) is 0. The van der Waals surface area contributed by atoms with Gasteiger partial charge in [-0.25, -0.2) is 4.79 Å². The van der Waals surface area contributed by atoms with Gasteiger partial charge in [-0.05, 0) is 32.9 Å². The Morgan fingerprint density at radius 2 is 1.71 bits per heavy atom. The van der Waals surface area contributed by atoms with E-state index in [-0.39, 0.29) is 0 Å². The molecule has 0 aliphatic carbocycles. The van der Waals surface area contributed by atoms with Crippen LogP contribution in [0.3, 0.4) is 0 Å². The van der Waals surface area contributed by atoms with E-state index >= 15 is 0 Å². The van der Waals surface area contributed by atoms with Crippen LogP contribution in [0.15, 0.2) is 12.2 Å². The summed E-state index contributed by atoms with van der Waals surface area (Å²) in [6.45, 7) is 5.38. The lowest BCUT2D eigenvalue weighted by atomic mass is 10.2. The van der Waals surface area contributed by atoms with Crippen molar-refractivity contribution in [2.75, 3.05) is 0 Å². The van der Waals surface area contributed by atoms with Crippen molar-refractivity contribution in [1.29, 1.82) is 0 Å². The van der Waals surface area contributed by atoms with E-state index < -0.39 is 22.7 Å². The first kappa shape index (κ1) is 11.7. The highest BCUT2D eigenvalue weighted by molar-refractivity contribution is 6.27. The van der Waals surface area contributed by atoms with Crippen LogP contribution in [0.4, 0.5) is 4.79 Å². The highest BCUT2D eigenvalue weighted by Crippen LogP contribution is 2.24. The summed E-state index contributed by atoms with van der Waals surface area (Å²) in [5.41, 5.74) is -1.58. The van der Waals surface area contributed by atoms with Gasteiger partial charge in [-0.15, -0.1) is 0 Å². The Bertz CT molecular complexity index is 248. The highest BCUT2D eigenvalue weighted by atomic mass is 35.5. The molecule has 0 aromatic heterocycles. The molecule has 1 aliphatic heterocycles. The van der Waals surface area contributed by atoms with Crippen LogP contribution >= 0.6 is 23.2 Å². The minimum atomic E-state index is -0.535. The number of halogens is 2. The highest BCUT2D eigenvalue weighted by Gasteiger charge is 2.33. The minimum Gasteiger partial charge on any atom is -0.444 e. The van der Waals surface area contributed by atoms with Gasteiger partial charge in [0.15, 0.2) is 0 Å². The largest absolute Gasteiger partial charge is 0.444 e. The summed E-state index contributed by atoms with van der Waals surface area (Å²) in [4.78, 5) is 12.8. The van der Waals surface area contributed by atoms with Gasteiger partial charge in [-0.2, -0.15) is 0 Å². The number of hydrogen-bond donors (Lipinski definition) is 0. The molecule has 0 spiro atoms. The first-order valence-corrected chi connectivity index (χ1v) is 5.16. The molecule has 0 fully saturated rings. The minimum absolute atomic E-state index is 0.498. The summed E-state index contributed by atoms with van der Waals surface area (Å²) < 4.78 is 5.14. The lowest BCUT2D eigenvalue weighted by Gasteiger charge is -2.27. The lowest BCUT2D eigenvalue weighted by Crippen LogP contribution is -2.41. The predicted octanol–water partition coefficient (Wildman–Crippen LogP) is 2.92. The molecule has 0 aromatic carbocycles. The Morgan fingerprint density at radius 1 is 1.29 bits per heavy atom. The summed E-state index contributed by atoms with van der Waals surface area (Å²) in [5.74, 6) is 0. The van der Waals surface area contributed by atoms with Gasteiger partial charge in [-0.3, -0.25) is 4.90 Å². The lowest BCUT2D eigenvalue weighted by molar-refractivity contribution is 0.0263. The van der Waals surface area contributed by atoms with Crippen molar-refractivity contribution in [2.45, 2.75) is 37.4 Å². The molecule has 1 heterocycles. The molecule has 1 rings (SSSR count). The van der Waals surface area contributed by atoms with E-state index in [1.165, 1.54) is 4.90 Å². The normalized spacial score (nSPS) is 26.8. The van der Waals surface area contributed by atoms with E-state index in [0.29, 0.717) is 0 Å². The number of amides is 1. The zero-order valence-electron chi connectivity index (χ0n) is 8.33. The summed E-state index contributed by atoms with van der Waals surface area (Å²) >= 11 is 11.7. The molecular weight excluding hydrogens is 225 g/mol. The Balaban J connectivity index is 2.62. The maximum absolute atomic E-state index is 11.6. The first-order chi connectivity index (χ1) is 6.31. The molecule has 0 radical (unpaired) electrons. The second kappa shape index (κ2) is 3.99. The van der Waals surface area contributed by atoms with Gasteiger partial charge in [0, 0.05) is 0 Å². The molecule has 0 bridgehead atoms. The van der Waals surface area contributed by atoms with Gasteiger partial charge >= 0.3 is 6.09 Å². The van der Waals surface area contributed by atoms with Gasteiger partial charge in [-0.1, -0.05) is 23.2 Å². The van der Waals surface area contributed by atoms with Crippen LogP contribution in [0.25, 0.3) is 0 Å². The Kier molecular flexibility index (Phi) is 3.32. The van der Waals surface area contributed by atoms with Crippen LogP contribution < -0.4 is 0 Å². The van der Waals surface area contributed by atoms with Crippen molar-refractivity contribution in [3.8, 4) is 0 Å². The zero-order chi connectivity index (χ0) is 10.9. The molecule has 0 saturated heterocycles. The van der Waals surface area contributed by atoms with Gasteiger partial charge in [0.1, 0.15) is 16.6 Å². The Morgan fingerprint density at radius 3 is 2.07 bits per heavy atom. The summed E-state index contributed by atoms with van der Waals surface area (Å²) in [7, 11) is 0. The maximum atomic E-state index is 11.6. The molecule has 5 heteroatoms. The van der Waals surface area contributed by atoms with E-state index in [4.69, 9.17) is 27.9 Å². The average Bonchev–Trinajstić information content (AvgIpc) is 2.27. The van der Waals surface area contributed by atoms with E-state index in [1.54, 1.807) is 32.9 Å². The zero-order valence-corrected chi connectivity index (χ0v) is 9.84. The van der Waals surface area contributed by atoms with Gasteiger partial charge < -0.3 is 4.74 Å². The van der Waals surface area contributed by atoms with Crippen LogP contribution in [0.1, 0.15) is 20.8 Å². The van der Waals surface area contributed by atoms with Crippen molar-refractivity contribution < 1.29 is 9.53 Å². The van der Waals surface area contributed by atoms with Gasteiger partial charge in [0.2, 0.25) is 0 Å². The predicted molar refractivity (Wildman–Crippen MR) is 56.5 cm³/mol. The third-order valence-corrected chi connectivity index (χ3v) is 2.28.